The third-order valence-electron chi connectivity index (χ3n) is 6.31. The van der Waals surface area contributed by atoms with Crippen LogP contribution in [0.1, 0.15) is 37.0 Å². The Balaban J connectivity index is 2.04. The summed E-state index contributed by atoms with van der Waals surface area (Å²) in [6.45, 7) is 7.39. The summed E-state index contributed by atoms with van der Waals surface area (Å²) in [6.07, 6.45) is 0.751. The van der Waals surface area contributed by atoms with Crippen LogP contribution in [0.2, 0.25) is 5.02 Å². The van der Waals surface area contributed by atoms with Gasteiger partial charge in [0.2, 0.25) is 11.8 Å². The van der Waals surface area contributed by atoms with Gasteiger partial charge in [-0.2, -0.15) is 0 Å². The maximum atomic E-state index is 13.9. The predicted octanol–water partition coefficient (Wildman–Crippen LogP) is 5.10. The molecule has 0 unspecified atom stereocenters. The molecule has 2 amide bonds. The molecule has 3 aromatic carbocycles. The van der Waals surface area contributed by atoms with Gasteiger partial charge in [0.25, 0.3) is 10.0 Å². The van der Waals surface area contributed by atoms with Gasteiger partial charge in [0.05, 0.1) is 10.6 Å². The molecule has 0 bridgehead atoms. The van der Waals surface area contributed by atoms with Crippen molar-refractivity contribution in [3.05, 3.63) is 94.5 Å². The highest BCUT2D eigenvalue weighted by Gasteiger charge is 2.33. The number of aryl methyl sites for hydroxylation is 1. The number of rotatable bonds is 11. The molecule has 0 aromatic heterocycles. The molecule has 0 aliphatic carbocycles. The van der Waals surface area contributed by atoms with Crippen molar-refractivity contribution < 1.29 is 18.0 Å². The van der Waals surface area contributed by atoms with Gasteiger partial charge in [-0.15, -0.1) is 0 Å². The lowest BCUT2D eigenvalue weighted by atomic mass is 10.1. The minimum atomic E-state index is -4.13. The van der Waals surface area contributed by atoms with Crippen LogP contribution in [0.25, 0.3) is 0 Å². The summed E-state index contributed by atoms with van der Waals surface area (Å²) in [4.78, 5) is 28.3. The summed E-state index contributed by atoms with van der Waals surface area (Å²) in [5.74, 6) is -0.813. The highest BCUT2D eigenvalue weighted by molar-refractivity contribution is 7.92. The number of hydrogen-bond donors (Lipinski definition) is 1. The average molecular weight is 556 g/mol. The van der Waals surface area contributed by atoms with Gasteiger partial charge in [-0.25, -0.2) is 8.42 Å². The van der Waals surface area contributed by atoms with E-state index in [-0.39, 0.29) is 17.3 Å². The second-order valence-electron chi connectivity index (χ2n) is 9.18. The number of sulfonamides is 1. The Morgan fingerprint density at radius 1 is 0.947 bits per heavy atom. The second-order valence-corrected chi connectivity index (χ2v) is 11.5. The van der Waals surface area contributed by atoms with Crippen molar-refractivity contribution in [2.24, 2.45) is 0 Å². The number of benzene rings is 3. The zero-order valence-corrected chi connectivity index (χ0v) is 23.7. The lowest BCUT2D eigenvalue weighted by Gasteiger charge is -2.32. The molecule has 0 spiro atoms. The zero-order valence-electron chi connectivity index (χ0n) is 22.1. The molecule has 7 nitrogen and oxygen atoms in total. The Labute approximate surface area is 230 Å². The number of amides is 2. The minimum absolute atomic E-state index is 0.0472. The maximum Gasteiger partial charge on any atom is 0.264 e. The summed E-state index contributed by atoms with van der Waals surface area (Å²) < 4.78 is 28.7. The molecular formula is C29H34ClN3O4S. The highest BCUT2D eigenvalue weighted by Crippen LogP contribution is 2.31. The molecule has 0 heterocycles. The number of halogens is 1. The Hall–Kier alpha value is -3.36. The highest BCUT2D eigenvalue weighted by atomic mass is 35.5. The normalized spacial score (nSPS) is 12.0. The Bertz CT molecular complexity index is 1360. The van der Waals surface area contributed by atoms with E-state index in [9.17, 15) is 18.0 Å². The molecule has 0 aliphatic rings. The summed E-state index contributed by atoms with van der Waals surface area (Å²) in [6, 6.07) is 19.7. The molecule has 3 rings (SSSR count). The lowest BCUT2D eigenvalue weighted by molar-refractivity contribution is -0.139. The largest absolute Gasteiger partial charge is 0.354 e. The number of nitrogens with one attached hydrogen (secondary N) is 1. The van der Waals surface area contributed by atoms with E-state index in [0.717, 1.165) is 21.9 Å². The van der Waals surface area contributed by atoms with Crippen LogP contribution in [-0.4, -0.2) is 44.3 Å². The lowest BCUT2D eigenvalue weighted by Crippen LogP contribution is -2.51. The van der Waals surface area contributed by atoms with Crippen LogP contribution in [0.3, 0.4) is 0 Å². The number of hydrogen-bond acceptors (Lipinski definition) is 4. The van der Waals surface area contributed by atoms with E-state index < -0.39 is 28.5 Å². The minimum Gasteiger partial charge on any atom is -0.354 e. The van der Waals surface area contributed by atoms with Gasteiger partial charge in [0.1, 0.15) is 12.6 Å². The van der Waals surface area contributed by atoms with Crippen molar-refractivity contribution in [3.8, 4) is 0 Å². The van der Waals surface area contributed by atoms with Crippen molar-refractivity contribution in [2.45, 2.75) is 51.6 Å². The third-order valence-corrected chi connectivity index (χ3v) is 8.49. The first-order valence-electron chi connectivity index (χ1n) is 12.5. The fourth-order valence-corrected chi connectivity index (χ4v) is 5.63. The molecule has 0 saturated heterocycles. The molecule has 1 N–H and O–H groups in total. The first kappa shape index (κ1) is 29.2. The van der Waals surface area contributed by atoms with E-state index in [2.05, 4.69) is 5.32 Å². The van der Waals surface area contributed by atoms with Gasteiger partial charge in [-0.1, -0.05) is 72.6 Å². The molecule has 38 heavy (non-hydrogen) atoms. The smallest absolute Gasteiger partial charge is 0.264 e. The molecule has 1 atom stereocenters. The Kier molecular flexibility index (Phi) is 9.94. The fraction of sp³-hybridized carbons (Fsp3) is 0.310. The molecule has 0 radical (unpaired) electrons. The monoisotopic (exact) mass is 555 g/mol. The van der Waals surface area contributed by atoms with Crippen LogP contribution in [0.15, 0.2) is 77.7 Å². The molecule has 0 saturated carbocycles. The standard InChI is InChI=1S/C29H34ClN3O4S/c1-5-18-31-29(35)23(4)32(19-24-16-14-21(2)15-17-24)28(34)20-33(27-13-9-12-26(30)22(27)3)38(36,37)25-10-7-6-8-11-25/h6-17,23H,5,18-20H2,1-4H3,(H,31,35)/t23-/m0/s1. The topological polar surface area (TPSA) is 86.8 Å². The average Bonchev–Trinajstić information content (AvgIpc) is 2.91. The van der Waals surface area contributed by atoms with Crippen LogP contribution in [0.4, 0.5) is 5.69 Å². The van der Waals surface area contributed by atoms with Crippen molar-refractivity contribution >= 4 is 39.1 Å². The van der Waals surface area contributed by atoms with Crippen LogP contribution >= 0.6 is 11.6 Å². The Morgan fingerprint density at radius 2 is 1.61 bits per heavy atom. The van der Waals surface area contributed by atoms with Crippen LogP contribution in [0, 0.1) is 13.8 Å². The van der Waals surface area contributed by atoms with E-state index in [1.165, 1.54) is 17.0 Å². The SMILES string of the molecule is CCCNC(=O)[C@H](C)N(Cc1ccc(C)cc1)C(=O)CN(c1cccc(Cl)c1C)S(=O)(=O)c1ccccc1. The van der Waals surface area contributed by atoms with Gasteiger partial charge in [0.15, 0.2) is 0 Å². The summed E-state index contributed by atoms with van der Waals surface area (Å²) in [5.41, 5.74) is 2.72. The second kappa shape index (κ2) is 12.9. The van der Waals surface area contributed by atoms with Gasteiger partial charge in [0, 0.05) is 18.1 Å². The number of nitrogens with zero attached hydrogens (tertiary/aromatic N) is 2. The van der Waals surface area contributed by atoms with Gasteiger partial charge in [-0.3, -0.25) is 13.9 Å². The van der Waals surface area contributed by atoms with Gasteiger partial charge >= 0.3 is 0 Å². The van der Waals surface area contributed by atoms with E-state index in [0.29, 0.717) is 22.8 Å². The van der Waals surface area contributed by atoms with Gasteiger partial charge < -0.3 is 10.2 Å². The van der Waals surface area contributed by atoms with Crippen LogP contribution in [-0.2, 0) is 26.2 Å². The van der Waals surface area contributed by atoms with E-state index in [4.69, 9.17) is 11.6 Å². The molecule has 0 fully saturated rings. The third kappa shape index (κ3) is 6.94. The summed E-state index contributed by atoms with van der Waals surface area (Å²) >= 11 is 6.34. The fourth-order valence-electron chi connectivity index (χ4n) is 3.97. The summed E-state index contributed by atoms with van der Waals surface area (Å²) in [7, 11) is -4.13. The van der Waals surface area contributed by atoms with E-state index in [1.807, 2.05) is 38.1 Å². The Morgan fingerprint density at radius 3 is 2.24 bits per heavy atom. The first-order chi connectivity index (χ1) is 18.1. The van der Waals surface area contributed by atoms with E-state index >= 15 is 0 Å². The zero-order chi connectivity index (χ0) is 27.9. The van der Waals surface area contributed by atoms with Crippen molar-refractivity contribution in [3.63, 3.8) is 0 Å². The number of carbonyl (C=O) groups is 2. The summed E-state index contributed by atoms with van der Waals surface area (Å²) in [5, 5.41) is 3.22. The quantitative estimate of drug-likeness (QED) is 0.357. The maximum absolute atomic E-state index is 13.9. The van der Waals surface area contributed by atoms with Crippen molar-refractivity contribution in [1.29, 1.82) is 0 Å². The predicted molar refractivity (Wildman–Crippen MR) is 152 cm³/mol. The van der Waals surface area contributed by atoms with Crippen LogP contribution < -0.4 is 9.62 Å². The van der Waals surface area contributed by atoms with Gasteiger partial charge in [-0.05, 0) is 62.6 Å². The molecular weight excluding hydrogens is 522 g/mol. The molecule has 9 heteroatoms. The molecule has 0 aliphatic heterocycles. The van der Waals surface area contributed by atoms with Crippen molar-refractivity contribution in [1.82, 2.24) is 10.2 Å². The number of anilines is 1. The number of carbonyl (C=O) groups excluding carboxylic acids is 2. The van der Waals surface area contributed by atoms with Crippen LogP contribution in [0.5, 0.6) is 0 Å². The molecule has 202 valence electrons. The molecule has 3 aromatic rings. The van der Waals surface area contributed by atoms with Crippen molar-refractivity contribution in [2.75, 3.05) is 17.4 Å². The first-order valence-corrected chi connectivity index (χ1v) is 14.3. The van der Waals surface area contributed by atoms with E-state index in [1.54, 1.807) is 50.2 Å².